The predicted molar refractivity (Wildman–Crippen MR) is 82.7 cm³/mol. The fourth-order valence-electron chi connectivity index (χ4n) is 2.79. The van der Waals surface area contributed by atoms with Crippen molar-refractivity contribution >= 4 is 0 Å². The molecular weight excluding hydrogens is 246 g/mol. The molecule has 0 radical (unpaired) electrons. The highest BCUT2D eigenvalue weighted by Crippen LogP contribution is 2.37. The molecule has 0 aliphatic heterocycles. The van der Waals surface area contributed by atoms with Crippen LogP contribution >= 0.6 is 0 Å². The van der Waals surface area contributed by atoms with Crippen LogP contribution in [0.4, 0.5) is 0 Å². The van der Waals surface area contributed by atoms with E-state index >= 15 is 0 Å². The number of furan rings is 1. The van der Waals surface area contributed by atoms with Gasteiger partial charge in [0.1, 0.15) is 5.76 Å². The molecule has 1 fully saturated rings. The molecule has 0 atom stereocenters. The number of hydrogen-bond donors (Lipinski definition) is 1. The van der Waals surface area contributed by atoms with E-state index in [0.717, 1.165) is 31.2 Å². The summed E-state index contributed by atoms with van der Waals surface area (Å²) in [5, 5.41) is 3.40. The van der Waals surface area contributed by atoms with E-state index in [0.29, 0.717) is 0 Å². The molecule has 1 aliphatic rings. The molecule has 0 unspecified atom stereocenters. The van der Waals surface area contributed by atoms with Crippen molar-refractivity contribution in [3.8, 4) is 11.1 Å². The summed E-state index contributed by atoms with van der Waals surface area (Å²) in [6.45, 7) is 4.01. The van der Waals surface area contributed by atoms with Crippen molar-refractivity contribution in [2.24, 2.45) is 0 Å². The van der Waals surface area contributed by atoms with Crippen LogP contribution in [0.3, 0.4) is 0 Å². The largest absolute Gasteiger partial charge is 0.467 e. The highest BCUT2D eigenvalue weighted by molar-refractivity contribution is 5.65. The third kappa shape index (κ3) is 2.80. The maximum absolute atomic E-state index is 5.61. The molecule has 2 aromatic rings. The van der Waals surface area contributed by atoms with Crippen LogP contribution in [0.15, 0.2) is 41.0 Å². The molecule has 3 rings (SSSR count). The Kier molecular flexibility index (Phi) is 4.22. The highest BCUT2D eigenvalue weighted by atomic mass is 16.3. The monoisotopic (exact) mass is 269 g/mol. The first-order valence-corrected chi connectivity index (χ1v) is 7.76. The molecule has 20 heavy (non-hydrogen) atoms. The van der Waals surface area contributed by atoms with Crippen LogP contribution in [0.2, 0.25) is 0 Å². The van der Waals surface area contributed by atoms with Crippen LogP contribution in [0.25, 0.3) is 11.1 Å². The van der Waals surface area contributed by atoms with Crippen LogP contribution in [-0.4, -0.2) is 6.54 Å². The normalized spacial score (nSPS) is 15.2. The number of nitrogens with one attached hydrogen (secondary N) is 1. The van der Waals surface area contributed by atoms with E-state index in [2.05, 4.69) is 42.6 Å². The van der Waals surface area contributed by atoms with Crippen molar-refractivity contribution in [3.05, 3.63) is 47.9 Å². The molecule has 1 N–H and O–H groups in total. The van der Waals surface area contributed by atoms with Gasteiger partial charge in [0.05, 0.1) is 12.8 Å². The average Bonchev–Trinajstić information content (AvgIpc) is 2.86. The molecule has 1 heterocycles. The number of hydrogen-bond acceptors (Lipinski definition) is 2. The quantitative estimate of drug-likeness (QED) is 0.768. The Hall–Kier alpha value is -1.54. The molecule has 1 saturated carbocycles. The summed E-state index contributed by atoms with van der Waals surface area (Å²) in [4.78, 5) is 0. The molecule has 1 aliphatic carbocycles. The Labute approximate surface area is 121 Å². The first-order valence-electron chi connectivity index (χ1n) is 7.76. The lowest BCUT2D eigenvalue weighted by molar-refractivity contribution is 0.420. The van der Waals surface area contributed by atoms with E-state index in [1.807, 2.05) is 0 Å². The van der Waals surface area contributed by atoms with Crippen molar-refractivity contribution in [1.29, 1.82) is 0 Å². The van der Waals surface area contributed by atoms with Gasteiger partial charge in [-0.25, -0.2) is 0 Å². The minimum Gasteiger partial charge on any atom is -0.467 e. The van der Waals surface area contributed by atoms with Gasteiger partial charge in [-0.1, -0.05) is 37.6 Å². The van der Waals surface area contributed by atoms with Crippen molar-refractivity contribution in [2.45, 2.75) is 45.1 Å². The zero-order valence-electron chi connectivity index (χ0n) is 12.2. The minimum atomic E-state index is 0.805. The molecule has 1 aromatic carbocycles. The molecule has 0 amide bonds. The van der Waals surface area contributed by atoms with Gasteiger partial charge in [0.2, 0.25) is 0 Å². The maximum atomic E-state index is 5.61. The van der Waals surface area contributed by atoms with E-state index in [9.17, 15) is 0 Å². The smallest absolute Gasteiger partial charge is 0.125 e. The Morgan fingerprint density at radius 2 is 1.95 bits per heavy atom. The summed E-state index contributed by atoms with van der Waals surface area (Å²) in [5.41, 5.74) is 3.97. The second-order valence-electron chi connectivity index (χ2n) is 5.68. The summed E-state index contributed by atoms with van der Waals surface area (Å²) in [7, 11) is 0. The van der Waals surface area contributed by atoms with Crippen LogP contribution in [0, 0.1) is 0 Å². The minimum absolute atomic E-state index is 0.805. The fraction of sp³-hybridized carbons (Fsp3) is 0.444. The SMILES string of the molecule is CCCNCc1occc1-c1ccc(C2CCC2)cc1. The molecule has 2 heteroatoms. The highest BCUT2D eigenvalue weighted by Gasteiger charge is 2.19. The van der Waals surface area contributed by atoms with E-state index in [-0.39, 0.29) is 0 Å². The van der Waals surface area contributed by atoms with Gasteiger partial charge in [0, 0.05) is 5.56 Å². The molecule has 106 valence electrons. The summed E-state index contributed by atoms with van der Waals surface area (Å²) < 4.78 is 5.61. The lowest BCUT2D eigenvalue weighted by Gasteiger charge is -2.25. The molecule has 0 bridgehead atoms. The summed E-state index contributed by atoms with van der Waals surface area (Å²) in [5.74, 6) is 1.84. The Morgan fingerprint density at radius 3 is 2.60 bits per heavy atom. The second-order valence-corrected chi connectivity index (χ2v) is 5.68. The lowest BCUT2D eigenvalue weighted by atomic mass is 9.80. The van der Waals surface area contributed by atoms with Gasteiger partial charge in [-0.05, 0) is 48.9 Å². The Balaban J connectivity index is 1.73. The van der Waals surface area contributed by atoms with Crippen LogP contribution in [-0.2, 0) is 6.54 Å². The summed E-state index contributed by atoms with van der Waals surface area (Å²) >= 11 is 0. The lowest BCUT2D eigenvalue weighted by Crippen LogP contribution is -2.13. The zero-order chi connectivity index (χ0) is 13.8. The number of benzene rings is 1. The van der Waals surface area contributed by atoms with Gasteiger partial charge in [-0.3, -0.25) is 0 Å². The van der Waals surface area contributed by atoms with Crippen LogP contribution in [0.1, 0.15) is 49.8 Å². The Bertz CT molecular complexity index is 537. The zero-order valence-corrected chi connectivity index (χ0v) is 12.2. The molecule has 0 saturated heterocycles. The molecule has 0 spiro atoms. The van der Waals surface area contributed by atoms with Gasteiger partial charge in [0.15, 0.2) is 0 Å². The van der Waals surface area contributed by atoms with Crippen molar-refractivity contribution < 1.29 is 4.42 Å². The third-order valence-corrected chi connectivity index (χ3v) is 4.26. The molecular formula is C18H23NO. The molecule has 2 nitrogen and oxygen atoms in total. The van der Waals surface area contributed by atoms with Gasteiger partial charge < -0.3 is 9.73 Å². The predicted octanol–water partition coefficient (Wildman–Crippen LogP) is 4.71. The first kappa shape index (κ1) is 13.4. The van der Waals surface area contributed by atoms with Crippen LogP contribution < -0.4 is 5.32 Å². The van der Waals surface area contributed by atoms with E-state index in [4.69, 9.17) is 4.42 Å². The summed E-state index contributed by atoms with van der Waals surface area (Å²) in [6, 6.07) is 11.1. The maximum Gasteiger partial charge on any atom is 0.125 e. The van der Waals surface area contributed by atoms with Gasteiger partial charge >= 0.3 is 0 Å². The number of rotatable bonds is 6. The average molecular weight is 269 g/mol. The van der Waals surface area contributed by atoms with Gasteiger partial charge in [-0.2, -0.15) is 0 Å². The van der Waals surface area contributed by atoms with Gasteiger partial charge in [-0.15, -0.1) is 0 Å². The fourth-order valence-corrected chi connectivity index (χ4v) is 2.79. The van der Waals surface area contributed by atoms with Crippen molar-refractivity contribution in [2.75, 3.05) is 6.54 Å². The van der Waals surface area contributed by atoms with E-state index < -0.39 is 0 Å². The van der Waals surface area contributed by atoms with E-state index in [1.54, 1.807) is 6.26 Å². The third-order valence-electron chi connectivity index (χ3n) is 4.26. The summed E-state index contributed by atoms with van der Waals surface area (Å²) in [6.07, 6.45) is 7.04. The topological polar surface area (TPSA) is 25.2 Å². The second kappa shape index (κ2) is 6.27. The van der Waals surface area contributed by atoms with Gasteiger partial charge in [0.25, 0.3) is 0 Å². The first-order chi connectivity index (χ1) is 9.88. The molecule has 1 aromatic heterocycles. The Morgan fingerprint density at radius 1 is 1.15 bits per heavy atom. The standard InChI is InChI=1S/C18H23NO/c1-2-11-19-13-18-17(10-12-20-18)16-8-6-15(7-9-16)14-4-3-5-14/h6-10,12,14,19H,2-5,11,13H2,1H3. The van der Waals surface area contributed by atoms with Crippen molar-refractivity contribution in [1.82, 2.24) is 5.32 Å². The van der Waals surface area contributed by atoms with E-state index in [1.165, 1.54) is 36.0 Å². The van der Waals surface area contributed by atoms with Crippen molar-refractivity contribution in [3.63, 3.8) is 0 Å². The van der Waals surface area contributed by atoms with Crippen LogP contribution in [0.5, 0.6) is 0 Å².